The van der Waals surface area contributed by atoms with E-state index in [9.17, 15) is 4.39 Å². The predicted octanol–water partition coefficient (Wildman–Crippen LogP) is 2.53. The molecule has 0 saturated heterocycles. The number of anilines is 1. The third-order valence-electron chi connectivity index (χ3n) is 2.25. The van der Waals surface area contributed by atoms with E-state index in [1.54, 1.807) is 12.1 Å². The van der Waals surface area contributed by atoms with Gasteiger partial charge in [-0.25, -0.2) is 4.39 Å². The van der Waals surface area contributed by atoms with E-state index in [2.05, 4.69) is 12.2 Å². The van der Waals surface area contributed by atoms with Crippen LogP contribution in [0.15, 0.2) is 18.2 Å². The summed E-state index contributed by atoms with van der Waals surface area (Å²) in [7, 11) is 0. The van der Waals surface area contributed by atoms with E-state index < -0.39 is 0 Å². The van der Waals surface area contributed by atoms with Crippen LogP contribution in [0.25, 0.3) is 0 Å². The molecule has 0 aliphatic carbocycles. The highest BCUT2D eigenvalue weighted by molar-refractivity contribution is 5.45. The average molecular weight is 197 g/mol. The highest BCUT2D eigenvalue weighted by Gasteiger charge is 2.03. The summed E-state index contributed by atoms with van der Waals surface area (Å²) < 4.78 is 13.2. The van der Waals surface area contributed by atoms with Gasteiger partial charge in [0.1, 0.15) is 5.82 Å². The molecule has 0 aliphatic rings. The van der Waals surface area contributed by atoms with Crippen LogP contribution in [0.4, 0.5) is 10.1 Å². The van der Waals surface area contributed by atoms with E-state index in [1.165, 1.54) is 6.07 Å². The third-order valence-corrected chi connectivity index (χ3v) is 2.25. The minimum Gasteiger partial charge on any atom is -0.392 e. The van der Waals surface area contributed by atoms with Crippen molar-refractivity contribution >= 4 is 5.69 Å². The van der Waals surface area contributed by atoms with E-state index in [4.69, 9.17) is 5.11 Å². The highest BCUT2D eigenvalue weighted by Crippen LogP contribution is 2.15. The van der Waals surface area contributed by atoms with Crippen molar-refractivity contribution in [2.75, 3.05) is 5.32 Å². The topological polar surface area (TPSA) is 32.3 Å². The summed E-state index contributed by atoms with van der Waals surface area (Å²) in [5, 5.41) is 11.9. The number of aliphatic hydroxyl groups is 1. The van der Waals surface area contributed by atoms with Crippen LogP contribution in [0.3, 0.4) is 0 Å². The second-order valence-corrected chi connectivity index (χ2v) is 3.42. The van der Waals surface area contributed by atoms with Gasteiger partial charge in [0.05, 0.1) is 6.61 Å². The Morgan fingerprint density at radius 2 is 2.21 bits per heavy atom. The average Bonchev–Trinajstić information content (AvgIpc) is 2.18. The number of aliphatic hydroxyl groups excluding tert-OH is 1. The van der Waals surface area contributed by atoms with E-state index in [0.717, 1.165) is 12.1 Å². The van der Waals surface area contributed by atoms with E-state index in [-0.39, 0.29) is 12.4 Å². The molecule has 3 heteroatoms. The normalized spacial score (nSPS) is 12.6. The molecule has 0 spiro atoms. The van der Waals surface area contributed by atoms with Gasteiger partial charge in [0.15, 0.2) is 0 Å². The van der Waals surface area contributed by atoms with Gasteiger partial charge in [-0.2, -0.15) is 0 Å². The van der Waals surface area contributed by atoms with Gasteiger partial charge in [0.25, 0.3) is 0 Å². The van der Waals surface area contributed by atoms with Gasteiger partial charge in [-0.15, -0.1) is 0 Å². The van der Waals surface area contributed by atoms with Crippen LogP contribution in [0.2, 0.25) is 0 Å². The first kappa shape index (κ1) is 11.0. The minimum atomic E-state index is -0.360. The maximum atomic E-state index is 13.2. The molecule has 0 saturated carbocycles. The zero-order valence-electron chi connectivity index (χ0n) is 8.55. The molecule has 0 heterocycles. The molecule has 0 aromatic heterocycles. The van der Waals surface area contributed by atoms with Crippen molar-refractivity contribution in [1.29, 1.82) is 0 Å². The summed E-state index contributed by atoms with van der Waals surface area (Å²) in [5.41, 5.74) is 1.09. The fourth-order valence-corrected chi connectivity index (χ4v) is 1.15. The molecule has 0 aliphatic heterocycles. The molecule has 2 N–H and O–H groups in total. The summed E-state index contributed by atoms with van der Waals surface area (Å²) >= 11 is 0. The van der Waals surface area contributed by atoms with Gasteiger partial charge in [-0.05, 0) is 25.5 Å². The maximum absolute atomic E-state index is 13.2. The number of rotatable bonds is 4. The molecule has 1 aromatic carbocycles. The van der Waals surface area contributed by atoms with Gasteiger partial charge in [0, 0.05) is 17.3 Å². The van der Waals surface area contributed by atoms with Crippen LogP contribution in [0.5, 0.6) is 0 Å². The van der Waals surface area contributed by atoms with Crippen molar-refractivity contribution in [3.05, 3.63) is 29.6 Å². The Balaban J connectivity index is 2.76. The van der Waals surface area contributed by atoms with Crippen molar-refractivity contribution < 1.29 is 9.50 Å². The second kappa shape index (κ2) is 4.96. The zero-order valence-corrected chi connectivity index (χ0v) is 8.55. The summed E-state index contributed by atoms with van der Waals surface area (Å²) in [5.74, 6) is -0.360. The SMILES string of the molecule is CCC(C)Nc1ccc(CO)c(F)c1. The zero-order chi connectivity index (χ0) is 10.6. The Morgan fingerprint density at radius 1 is 1.50 bits per heavy atom. The molecule has 1 aromatic rings. The second-order valence-electron chi connectivity index (χ2n) is 3.42. The quantitative estimate of drug-likeness (QED) is 0.777. The molecule has 0 bridgehead atoms. The number of benzene rings is 1. The molecule has 0 fully saturated rings. The van der Waals surface area contributed by atoms with Crippen LogP contribution >= 0.6 is 0 Å². The fourth-order valence-electron chi connectivity index (χ4n) is 1.15. The molecule has 1 atom stereocenters. The molecule has 78 valence electrons. The summed E-state index contributed by atoms with van der Waals surface area (Å²) in [4.78, 5) is 0. The van der Waals surface area contributed by atoms with Gasteiger partial charge in [-0.1, -0.05) is 13.0 Å². The molecular formula is C11H16FNO. The van der Waals surface area contributed by atoms with Crippen LogP contribution < -0.4 is 5.32 Å². The van der Waals surface area contributed by atoms with Crippen molar-refractivity contribution in [2.45, 2.75) is 32.9 Å². The van der Waals surface area contributed by atoms with Crippen LogP contribution in [-0.2, 0) is 6.61 Å². The van der Waals surface area contributed by atoms with Crippen LogP contribution in [0, 0.1) is 5.82 Å². The Bertz CT molecular complexity index is 301. The van der Waals surface area contributed by atoms with Gasteiger partial charge < -0.3 is 10.4 Å². The van der Waals surface area contributed by atoms with Crippen molar-refractivity contribution in [1.82, 2.24) is 0 Å². The smallest absolute Gasteiger partial charge is 0.130 e. The van der Waals surface area contributed by atoms with Crippen LogP contribution in [-0.4, -0.2) is 11.1 Å². The number of hydrogen-bond donors (Lipinski definition) is 2. The lowest BCUT2D eigenvalue weighted by Gasteiger charge is -2.13. The Morgan fingerprint density at radius 3 is 2.71 bits per heavy atom. The standard InChI is InChI=1S/C11H16FNO/c1-3-8(2)13-10-5-4-9(7-14)11(12)6-10/h4-6,8,13-14H,3,7H2,1-2H3. The minimum absolute atomic E-state index is 0.255. The Kier molecular flexibility index (Phi) is 3.89. The van der Waals surface area contributed by atoms with E-state index in [1.807, 2.05) is 6.92 Å². The van der Waals surface area contributed by atoms with Crippen molar-refractivity contribution in [3.8, 4) is 0 Å². The van der Waals surface area contributed by atoms with Crippen LogP contribution in [0.1, 0.15) is 25.8 Å². The lowest BCUT2D eigenvalue weighted by Crippen LogP contribution is -2.13. The molecular weight excluding hydrogens is 181 g/mol. The molecule has 14 heavy (non-hydrogen) atoms. The predicted molar refractivity (Wildman–Crippen MR) is 55.7 cm³/mol. The first-order valence-electron chi connectivity index (χ1n) is 4.83. The monoisotopic (exact) mass is 197 g/mol. The fraction of sp³-hybridized carbons (Fsp3) is 0.455. The molecule has 0 radical (unpaired) electrons. The largest absolute Gasteiger partial charge is 0.392 e. The van der Waals surface area contributed by atoms with Gasteiger partial charge in [0.2, 0.25) is 0 Å². The van der Waals surface area contributed by atoms with E-state index >= 15 is 0 Å². The first-order valence-corrected chi connectivity index (χ1v) is 4.83. The maximum Gasteiger partial charge on any atom is 0.130 e. The van der Waals surface area contributed by atoms with E-state index in [0.29, 0.717) is 11.6 Å². The highest BCUT2D eigenvalue weighted by atomic mass is 19.1. The first-order chi connectivity index (χ1) is 6.67. The van der Waals surface area contributed by atoms with Gasteiger partial charge in [-0.3, -0.25) is 0 Å². The molecule has 0 amide bonds. The Labute approximate surface area is 83.8 Å². The summed E-state index contributed by atoms with van der Waals surface area (Å²) in [6.07, 6.45) is 0.989. The third kappa shape index (κ3) is 2.70. The number of nitrogens with one attached hydrogen (secondary N) is 1. The molecule has 1 unspecified atom stereocenters. The lowest BCUT2D eigenvalue weighted by molar-refractivity contribution is 0.276. The Hall–Kier alpha value is -1.09. The number of hydrogen-bond acceptors (Lipinski definition) is 2. The van der Waals surface area contributed by atoms with Crippen molar-refractivity contribution in [3.63, 3.8) is 0 Å². The van der Waals surface area contributed by atoms with Crippen molar-refractivity contribution in [2.24, 2.45) is 0 Å². The number of halogens is 1. The molecule has 2 nitrogen and oxygen atoms in total. The summed E-state index contributed by atoms with van der Waals surface area (Å²) in [6, 6.07) is 5.12. The lowest BCUT2D eigenvalue weighted by atomic mass is 10.2. The molecule has 1 rings (SSSR count). The summed E-state index contributed by atoms with van der Waals surface area (Å²) in [6.45, 7) is 3.85. The van der Waals surface area contributed by atoms with Gasteiger partial charge >= 0.3 is 0 Å².